The normalized spacial score (nSPS) is 17.9. The maximum atomic E-state index is 14.5. The molecule has 0 saturated carbocycles. The summed E-state index contributed by atoms with van der Waals surface area (Å²) >= 11 is 0. The van der Waals surface area contributed by atoms with Crippen LogP contribution >= 0.6 is 0 Å². The van der Waals surface area contributed by atoms with Crippen LogP contribution in [0.5, 0.6) is 5.75 Å². The average Bonchev–Trinajstić information content (AvgIpc) is 4.01. The quantitative estimate of drug-likeness (QED) is 0.0262. The van der Waals surface area contributed by atoms with Crippen molar-refractivity contribution in [3.63, 3.8) is 0 Å². The molecule has 3 aromatic rings. The van der Waals surface area contributed by atoms with Gasteiger partial charge in [0.05, 0.1) is 38.3 Å². The molecule has 3 aromatic carbocycles. The Labute approximate surface area is 456 Å². The third kappa shape index (κ3) is 16.7. The molecule has 8 N–H and O–H groups in total. The summed E-state index contributed by atoms with van der Waals surface area (Å²) < 4.78 is 61.9. The van der Waals surface area contributed by atoms with Gasteiger partial charge in [-0.25, -0.2) is 13.6 Å². The van der Waals surface area contributed by atoms with E-state index in [-0.39, 0.29) is 51.3 Å². The fourth-order valence-electron chi connectivity index (χ4n) is 9.51. The maximum absolute atomic E-state index is 14.5. The van der Waals surface area contributed by atoms with E-state index in [1.807, 2.05) is 0 Å². The van der Waals surface area contributed by atoms with Gasteiger partial charge in [-0.2, -0.15) is 8.78 Å². The molecule has 0 unspecified atom stereocenters. The van der Waals surface area contributed by atoms with Gasteiger partial charge >= 0.3 is 23.9 Å². The third-order valence-corrected chi connectivity index (χ3v) is 14.0. The standard InChI is InChI=1S/C53H63F4N9O14/c1-3-29(2)47(51(77)61-37-12-11-32-5-4-6-33-22-38(66(48(32)33)52(37)78)53(79)80-49-45(56)34(54)23-35(55)46(49)57)62-41(69)25-58-40(68)24-59-50(76)36(13-14-42(70)71)60-39(67)21-30-7-9-31(10-8-30)26-63-15-17-64(27-43(72)73)19-20-65(18-16-63)28-44(74)75/h4-10,23,29,36-38,47H,3,11-22,24-28H2,1-2H3,(H,58,68)(H,59,76)(H,60,67)(H,61,77)(H,62,69)(H,70,71)(H,72,73)(H,74,75)/t29-,36-,37-,38-,47-/m0/s1. The Morgan fingerprint density at radius 1 is 0.700 bits per heavy atom. The summed E-state index contributed by atoms with van der Waals surface area (Å²) in [6.45, 7) is 4.70. The summed E-state index contributed by atoms with van der Waals surface area (Å²) in [4.78, 5) is 135. The minimum atomic E-state index is -1.97. The lowest BCUT2D eigenvalue weighted by Gasteiger charge is -2.29. The van der Waals surface area contributed by atoms with E-state index in [1.54, 1.807) is 66.1 Å². The number of nitrogens with zero attached hydrogens (tertiary/aromatic N) is 4. The van der Waals surface area contributed by atoms with Crippen molar-refractivity contribution >= 4 is 65.0 Å². The van der Waals surface area contributed by atoms with Crippen LogP contribution < -0.4 is 36.2 Å². The van der Waals surface area contributed by atoms with Crippen molar-refractivity contribution in [3.8, 4) is 5.75 Å². The topological polar surface area (TPSA) is 314 Å². The smallest absolute Gasteiger partial charge is 0.335 e. The first kappa shape index (κ1) is 61.2. The molecule has 0 aliphatic carbocycles. The van der Waals surface area contributed by atoms with Crippen LogP contribution in [0.3, 0.4) is 0 Å². The van der Waals surface area contributed by atoms with Gasteiger partial charge in [0.2, 0.25) is 52.8 Å². The summed E-state index contributed by atoms with van der Waals surface area (Å²) in [7, 11) is 0. The lowest BCUT2D eigenvalue weighted by molar-refractivity contribution is -0.140. The number of benzene rings is 3. The number of hydrogen-bond acceptors (Lipinski definition) is 14. The zero-order valence-corrected chi connectivity index (χ0v) is 43.9. The summed E-state index contributed by atoms with van der Waals surface area (Å²) in [5.41, 5.74) is 2.74. The van der Waals surface area contributed by atoms with E-state index in [2.05, 4.69) is 31.5 Å². The molecule has 0 aromatic heterocycles. The zero-order valence-electron chi connectivity index (χ0n) is 43.9. The predicted octanol–water partition coefficient (Wildman–Crippen LogP) is 0.482. The van der Waals surface area contributed by atoms with Gasteiger partial charge < -0.3 is 46.6 Å². The molecule has 432 valence electrons. The number of ether oxygens (including phenoxy) is 1. The number of amides is 6. The molecular formula is C53H63F4N9O14. The summed E-state index contributed by atoms with van der Waals surface area (Å²) in [6, 6.07) is 6.25. The fourth-order valence-corrected chi connectivity index (χ4v) is 9.51. The third-order valence-electron chi connectivity index (χ3n) is 14.0. The zero-order chi connectivity index (χ0) is 58.4. The Balaban J connectivity index is 0.997. The highest BCUT2D eigenvalue weighted by Crippen LogP contribution is 2.40. The second-order valence-electron chi connectivity index (χ2n) is 19.8. The van der Waals surface area contributed by atoms with E-state index in [4.69, 9.17) is 4.74 Å². The number of anilines is 1. The molecule has 1 fully saturated rings. The Kier molecular flexibility index (Phi) is 21.6. The number of carboxylic acid groups (broad SMARTS) is 3. The lowest BCUT2D eigenvalue weighted by atomic mass is 9.97. The van der Waals surface area contributed by atoms with E-state index >= 15 is 0 Å². The average molecular weight is 1130 g/mol. The van der Waals surface area contributed by atoms with Gasteiger partial charge in [-0.3, -0.25) is 62.8 Å². The number of esters is 1. The molecule has 5 atom stereocenters. The molecule has 0 bridgehead atoms. The van der Waals surface area contributed by atoms with Gasteiger partial charge in [0.1, 0.15) is 24.2 Å². The second-order valence-corrected chi connectivity index (χ2v) is 19.8. The number of nitrogens with one attached hydrogen (secondary N) is 5. The van der Waals surface area contributed by atoms with E-state index in [0.717, 1.165) is 10.5 Å². The summed E-state index contributed by atoms with van der Waals surface area (Å²) in [6.07, 6.45) is -0.755. The number of carbonyl (C=O) groups excluding carboxylic acids is 7. The highest BCUT2D eigenvalue weighted by molar-refractivity contribution is 6.07. The maximum Gasteiger partial charge on any atom is 0.335 e. The van der Waals surface area contributed by atoms with Crippen molar-refractivity contribution in [3.05, 3.63) is 94.1 Å². The van der Waals surface area contributed by atoms with Crippen LogP contribution in [-0.4, -0.2) is 179 Å². The Bertz CT molecular complexity index is 2790. The summed E-state index contributed by atoms with van der Waals surface area (Å²) in [5.74, 6) is -19.4. The molecule has 3 heterocycles. The summed E-state index contributed by atoms with van der Waals surface area (Å²) in [5, 5.41) is 40.4. The Morgan fingerprint density at radius 3 is 1.86 bits per heavy atom. The molecule has 1 saturated heterocycles. The minimum Gasteiger partial charge on any atom is -0.481 e. The van der Waals surface area contributed by atoms with Crippen molar-refractivity contribution in [2.75, 3.05) is 70.3 Å². The van der Waals surface area contributed by atoms with Crippen LogP contribution in [0.2, 0.25) is 0 Å². The molecule has 0 radical (unpaired) electrons. The van der Waals surface area contributed by atoms with Crippen molar-refractivity contribution in [2.45, 2.75) is 89.5 Å². The predicted molar refractivity (Wildman–Crippen MR) is 273 cm³/mol. The number of aryl methyl sites for hydroxylation is 1. The molecule has 80 heavy (non-hydrogen) atoms. The van der Waals surface area contributed by atoms with Gasteiger partial charge in [-0.15, -0.1) is 0 Å². The van der Waals surface area contributed by atoms with E-state index in [0.29, 0.717) is 74.6 Å². The first-order chi connectivity index (χ1) is 38.0. The number of rotatable bonds is 24. The fraction of sp³-hybridized carbons (Fsp3) is 0.472. The Hall–Kier alpha value is -8.04. The van der Waals surface area contributed by atoms with Crippen LogP contribution in [0.15, 0.2) is 48.5 Å². The van der Waals surface area contributed by atoms with Crippen molar-refractivity contribution in [1.82, 2.24) is 41.3 Å². The van der Waals surface area contributed by atoms with Crippen LogP contribution in [-0.2, 0) is 73.8 Å². The lowest BCUT2D eigenvalue weighted by Crippen LogP contribution is -2.58. The molecule has 3 aliphatic heterocycles. The van der Waals surface area contributed by atoms with E-state index < -0.39 is 138 Å². The van der Waals surface area contributed by atoms with Gasteiger partial charge in [0.15, 0.2) is 11.6 Å². The van der Waals surface area contributed by atoms with Gasteiger partial charge in [0.25, 0.3) is 0 Å². The number of halogens is 4. The highest BCUT2D eigenvalue weighted by atomic mass is 19.2. The van der Waals surface area contributed by atoms with Crippen LogP contribution in [0, 0.1) is 29.2 Å². The Morgan fingerprint density at radius 2 is 1.27 bits per heavy atom. The molecular weight excluding hydrogens is 1060 g/mol. The van der Waals surface area contributed by atoms with Crippen molar-refractivity contribution < 1.29 is 85.6 Å². The van der Waals surface area contributed by atoms with Crippen molar-refractivity contribution in [1.29, 1.82) is 0 Å². The van der Waals surface area contributed by atoms with Crippen molar-refractivity contribution in [2.24, 2.45) is 5.92 Å². The van der Waals surface area contributed by atoms with Gasteiger partial charge in [0, 0.05) is 64.7 Å². The molecule has 27 heteroatoms. The second kappa shape index (κ2) is 28.2. The molecule has 0 spiro atoms. The monoisotopic (exact) mass is 1130 g/mol. The number of carboxylic acids is 3. The number of aliphatic carboxylic acids is 3. The van der Waals surface area contributed by atoms with E-state index in [1.165, 1.54) is 0 Å². The molecule has 6 rings (SSSR count). The minimum absolute atomic E-state index is 0.00357. The first-order valence-corrected chi connectivity index (χ1v) is 25.8. The highest BCUT2D eigenvalue weighted by Gasteiger charge is 2.46. The first-order valence-electron chi connectivity index (χ1n) is 25.8. The van der Waals surface area contributed by atoms with Gasteiger partial charge in [-0.05, 0) is 47.4 Å². The molecule has 6 amide bonds. The van der Waals surface area contributed by atoms with Crippen LogP contribution in [0.1, 0.15) is 61.8 Å². The number of hydrogen-bond donors (Lipinski definition) is 8. The molecule has 3 aliphatic rings. The number of carbonyl (C=O) groups is 10. The van der Waals surface area contributed by atoms with Crippen LogP contribution in [0.25, 0.3) is 0 Å². The molecule has 23 nitrogen and oxygen atoms in total. The number of para-hydroxylation sites is 1. The largest absolute Gasteiger partial charge is 0.481 e. The van der Waals surface area contributed by atoms with E-state index in [9.17, 15) is 80.8 Å². The van der Waals surface area contributed by atoms with Gasteiger partial charge in [-0.1, -0.05) is 62.7 Å². The van der Waals surface area contributed by atoms with Crippen LogP contribution in [0.4, 0.5) is 23.2 Å². The SMILES string of the molecule is CC[C@H](C)[C@H](NC(=O)CNC(=O)CNC(=O)[C@H](CCC(=O)O)NC(=O)Cc1ccc(CN2CCN(CC(=O)O)CCN(CC(=O)O)CC2)cc1)C(=O)N[C@H]1CCc2cccc3c2N(C1=O)[C@H](C(=O)Oc1c(F)c(F)cc(F)c1F)C3.